The zero-order valence-corrected chi connectivity index (χ0v) is 11.4. The number of amides is 3. The number of nitrogens with zero attached hydrogens (tertiary/aromatic N) is 2. The van der Waals surface area contributed by atoms with Crippen LogP contribution in [-0.4, -0.2) is 28.7 Å². The van der Waals surface area contributed by atoms with Crippen molar-refractivity contribution in [3.05, 3.63) is 34.9 Å². The third-order valence-corrected chi connectivity index (χ3v) is 3.39. The number of nitrogens with one attached hydrogen (secondary N) is 1. The summed E-state index contributed by atoms with van der Waals surface area (Å²) in [6.45, 7) is 3.52. The molecular formula is C13H14ClN3O2. The minimum Gasteiger partial charge on any atom is -0.322 e. The van der Waals surface area contributed by atoms with Crippen molar-refractivity contribution >= 4 is 29.8 Å². The van der Waals surface area contributed by atoms with E-state index in [1.807, 2.05) is 6.92 Å². The molecule has 1 atom stereocenters. The Bertz CT molecular complexity index is 541. The number of hydrazone groups is 1. The summed E-state index contributed by atoms with van der Waals surface area (Å²) in [4.78, 5) is 23.7. The van der Waals surface area contributed by atoms with Crippen molar-refractivity contribution in [2.45, 2.75) is 25.8 Å². The summed E-state index contributed by atoms with van der Waals surface area (Å²) < 4.78 is 0. The van der Waals surface area contributed by atoms with Crippen molar-refractivity contribution < 1.29 is 9.59 Å². The molecule has 0 radical (unpaired) electrons. The molecule has 5 nitrogen and oxygen atoms in total. The first kappa shape index (κ1) is 13.5. The van der Waals surface area contributed by atoms with Gasteiger partial charge in [-0.1, -0.05) is 30.7 Å². The highest BCUT2D eigenvalue weighted by Crippen LogP contribution is 2.20. The van der Waals surface area contributed by atoms with Crippen LogP contribution in [0.4, 0.5) is 4.79 Å². The van der Waals surface area contributed by atoms with Gasteiger partial charge in [-0.3, -0.25) is 4.79 Å². The van der Waals surface area contributed by atoms with E-state index in [2.05, 4.69) is 10.4 Å². The van der Waals surface area contributed by atoms with Gasteiger partial charge in [0.2, 0.25) is 0 Å². The molecule has 1 aliphatic heterocycles. The number of urea groups is 1. The Morgan fingerprint density at radius 2 is 2.00 bits per heavy atom. The number of hydrogen-bond donors (Lipinski definition) is 1. The third-order valence-electron chi connectivity index (χ3n) is 3.14. The second kappa shape index (κ2) is 5.01. The van der Waals surface area contributed by atoms with Crippen molar-refractivity contribution in [2.75, 3.05) is 0 Å². The highest BCUT2D eigenvalue weighted by atomic mass is 35.5. The molecule has 100 valence electrons. The number of carbonyl (C=O) groups excluding carboxylic acids is 2. The van der Waals surface area contributed by atoms with Crippen molar-refractivity contribution in [3.63, 3.8) is 0 Å². The van der Waals surface area contributed by atoms with E-state index in [1.165, 1.54) is 6.21 Å². The van der Waals surface area contributed by atoms with E-state index in [-0.39, 0.29) is 5.91 Å². The molecule has 0 aromatic heterocycles. The van der Waals surface area contributed by atoms with E-state index in [0.29, 0.717) is 11.4 Å². The Kier molecular flexibility index (Phi) is 3.57. The monoisotopic (exact) mass is 279 g/mol. The maximum absolute atomic E-state index is 12.1. The summed E-state index contributed by atoms with van der Waals surface area (Å²) >= 11 is 5.77. The van der Waals surface area contributed by atoms with E-state index in [4.69, 9.17) is 11.6 Å². The Morgan fingerprint density at radius 1 is 1.37 bits per heavy atom. The number of halogens is 1. The van der Waals surface area contributed by atoms with E-state index in [1.54, 1.807) is 31.2 Å². The number of hydrogen-bond acceptors (Lipinski definition) is 3. The molecule has 1 unspecified atom stereocenters. The zero-order valence-electron chi connectivity index (χ0n) is 10.7. The Labute approximate surface area is 116 Å². The van der Waals surface area contributed by atoms with Crippen LogP contribution < -0.4 is 5.32 Å². The van der Waals surface area contributed by atoms with E-state index >= 15 is 0 Å². The van der Waals surface area contributed by atoms with Gasteiger partial charge in [-0.25, -0.2) is 4.79 Å². The van der Waals surface area contributed by atoms with Crippen LogP contribution in [0.25, 0.3) is 0 Å². The third kappa shape index (κ3) is 2.61. The Balaban J connectivity index is 2.17. The number of rotatable bonds is 3. The molecule has 1 aliphatic rings. The molecule has 1 saturated heterocycles. The lowest BCUT2D eigenvalue weighted by atomic mass is 10.00. The van der Waals surface area contributed by atoms with Crippen molar-refractivity contribution in [1.82, 2.24) is 10.3 Å². The van der Waals surface area contributed by atoms with Gasteiger partial charge in [0.25, 0.3) is 5.91 Å². The van der Waals surface area contributed by atoms with Gasteiger partial charge in [0.1, 0.15) is 5.54 Å². The molecule has 0 saturated carbocycles. The predicted molar refractivity (Wildman–Crippen MR) is 73.1 cm³/mol. The quantitative estimate of drug-likeness (QED) is 0.682. The lowest BCUT2D eigenvalue weighted by Crippen LogP contribution is -2.42. The molecule has 19 heavy (non-hydrogen) atoms. The molecule has 3 amide bonds. The van der Waals surface area contributed by atoms with Crippen molar-refractivity contribution in [3.8, 4) is 0 Å². The SMILES string of the molecule is CCC1(C)NC(=O)N(N=Cc2ccc(Cl)cc2)C1=O. The molecule has 1 N–H and O–H groups in total. The lowest BCUT2D eigenvalue weighted by Gasteiger charge is -2.17. The van der Waals surface area contributed by atoms with E-state index in [0.717, 1.165) is 10.6 Å². The molecule has 0 bridgehead atoms. The summed E-state index contributed by atoms with van der Waals surface area (Å²) in [6.07, 6.45) is 1.97. The summed E-state index contributed by atoms with van der Waals surface area (Å²) in [7, 11) is 0. The Hall–Kier alpha value is -1.88. The number of carbonyl (C=O) groups is 2. The Morgan fingerprint density at radius 3 is 2.53 bits per heavy atom. The smallest absolute Gasteiger partial charge is 0.322 e. The van der Waals surface area contributed by atoms with Crippen LogP contribution in [0, 0.1) is 0 Å². The fraction of sp³-hybridized carbons (Fsp3) is 0.308. The van der Waals surface area contributed by atoms with Crippen LogP contribution in [0.5, 0.6) is 0 Å². The van der Waals surface area contributed by atoms with Gasteiger partial charge in [-0.2, -0.15) is 5.10 Å². The summed E-state index contributed by atoms with van der Waals surface area (Å²) in [5.41, 5.74) is -0.107. The average Bonchev–Trinajstić information content (AvgIpc) is 2.61. The molecule has 1 fully saturated rings. The topological polar surface area (TPSA) is 61.8 Å². The van der Waals surface area contributed by atoms with Gasteiger partial charge in [0.05, 0.1) is 6.21 Å². The van der Waals surface area contributed by atoms with Crippen LogP contribution in [-0.2, 0) is 4.79 Å². The largest absolute Gasteiger partial charge is 0.346 e. The zero-order chi connectivity index (χ0) is 14.0. The van der Waals surface area contributed by atoms with Gasteiger partial charge < -0.3 is 5.32 Å². The van der Waals surface area contributed by atoms with Gasteiger partial charge in [-0.05, 0) is 31.0 Å². The molecule has 1 aromatic carbocycles. The fourth-order valence-corrected chi connectivity index (χ4v) is 1.81. The number of benzene rings is 1. The fourth-order valence-electron chi connectivity index (χ4n) is 1.69. The summed E-state index contributed by atoms with van der Waals surface area (Å²) in [5, 5.41) is 8.04. The molecule has 2 rings (SSSR count). The van der Waals surface area contributed by atoms with Gasteiger partial charge in [0, 0.05) is 5.02 Å². The van der Waals surface area contributed by atoms with Crippen molar-refractivity contribution in [1.29, 1.82) is 0 Å². The highest BCUT2D eigenvalue weighted by molar-refractivity contribution is 6.30. The first-order valence-electron chi connectivity index (χ1n) is 5.92. The molecule has 6 heteroatoms. The molecule has 1 heterocycles. The van der Waals surface area contributed by atoms with Crippen LogP contribution in [0.2, 0.25) is 5.02 Å². The molecule has 0 aliphatic carbocycles. The second-order valence-corrected chi connectivity index (χ2v) is 4.97. The van der Waals surface area contributed by atoms with E-state index in [9.17, 15) is 9.59 Å². The minimum absolute atomic E-state index is 0.342. The van der Waals surface area contributed by atoms with Crippen LogP contribution in [0.1, 0.15) is 25.8 Å². The normalized spacial score (nSPS) is 23.2. The maximum Gasteiger partial charge on any atom is 0.346 e. The molecular weight excluding hydrogens is 266 g/mol. The second-order valence-electron chi connectivity index (χ2n) is 4.53. The van der Waals surface area contributed by atoms with E-state index < -0.39 is 11.6 Å². The van der Waals surface area contributed by atoms with Gasteiger partial charge in [0.15, 0.2) is 0 Å². The number of imide groups is 1. The first-order valence-corrected chi connectivity index (χ1v) is 6.30. The van der Waals surface area contributed by atoms with Crippen molar-refractivity contribution in [2.24, 2.45) is 5.10 Å². The summed E-state index contributed by atoms with van der Waals surface area (Å²) in [6, 6.07) is 6.43. The lowest BCUT2D eigenvalue weighted by molar-refractivity contribution is -0.130. The van der Waals surface area contributed by atoms with Crippen LogP contribution in [0.15, 0.2) is 29.4 Å². The van der Waals surface area contributed by atoms with Crippen LogP contribution >= 0.6 is 11.6 Å². The molecule has 0 spiro atoms. The van der Waals surface area contributed by atoms with Gasteiger partial charge in [-0.15, -0.1) is 5.01 Å². The average molecular weight is 280 g/mol. The predicted octanol–water partition coefficient (Wildman–Crippen LogP) is 2.39. The summed E-state index contributed by atoms with van der Waals surface area (Å²) in [5.74, 6) is -0.342. The minimum atomic E-state index is -0.867. The maximum atomic E-state index is 12.1. The standard InChI is InChI=1S/C13H14ClN3O2/c1-3-13(2)11(18)17(12(19)16-13)15-8-9-4-6-10(14)7-5-9/h4-8H,3H2,1-2H3,(H,16,19). The van der Waals surface area contributed by atoms with Crippen LogP contribution in [0.3, 0.4) is 0 Å². The first-order chi connectivity index (χ1) is 8.96. The highest BCUT2D eigenvalue weighted by Gasteiger charge is 2.46. The van der Waals surface area contributed by atoms with Gasteiger partial charge >= 0.3 is 6.03 Å². The molecule has 1 aromatic rings.